The standard InChI is InChI=1S/C21H21F4N3O4/c1-9-14(11-4-5-12(22)15(23)16(11)31-3)17(32-21(9,2)20(24)25)19(30)28-10-6-7-27-13(8-10)18(26)29/h4-9,14,17,20H,1-3H3,(H2,26,29)(H,27,28,30)/t9-,14-,17+,21+/m0/s1. The van der Waals surface area contributed by atoms with Crippen LogP contribution in [0, 0.1) is 17.6 Å². The van der Waals surface area contributed by atoms with E-state index in [4.69, 9.17) is 15.2 Å². The van der Waals surface area contributed by atoms with Crippen molar-refractivity contribution in [1.29, 1.82) is 0 Å². The summed E-state index contributed by atoms with van der Waals surface area (Å²) in [6, 6.07) is 4.58. The third-order valence-electron chi connectivity index (χ3n) is 5.77. The van der Waals surface area contributed by atoms with Crippen molar-refractivity contribution in [3.8, 4) is 5.75 Å². The van der Waals surface area contributed by atoms with Gasteiger partial charge in [-0.2, -0.15) is 4.39 Å². The summed E-state index contributed by atoms with van der Waals surface area (Å²) >= 11 is 0. The van der Waals surface area contributed by atoms with Crippen LogP contribution in [0.5, 0.6) is 5.75 Å². The summed E-state index contributed by atoms with van der Waals surface area (Å²) in [5, 5.41) is 2.47. The van der Waals surface area contributed by atoms with Crippen molar-refractivity contribution in [3.63, 3.8) is 0 Å². The number of carbonyl (C=O) groups is 2. The molecule has 2 aromatic rings. The van der Waals surface area contributed by atoms with E-state index in [1.165, 1.54) is 31.3 Å². The van der Waals surface area contributed by atoms with E-state index in [1.54, 1.807) is 0 Å². The number of hydrogen-bond acceptors (Lipinski definition) is 5. The monoisotopic (exact) mass is 455 g/mol. The van der Waals surface area contributed by atoms with Gasteiger partial charge in [0.2, 0.25) is 5.82 Å². The molecule has 0 radical (unpaired) electrons. The van der Waals surface area contributed by atoms with Crippen LogP contribution in [0.15, 0.2) is 30.5 Å². The number of nitrogens with one attached hydrogen (secondary N) is 1. The van der Waals surface area contributed by atoms with E-state index in [1.807, 2.05) is 0 Å². The number of aromatic nitrogens is 1. The molecule has 3 N–H and O–H groups in total. The second kappa shape index (κ2) is 8.73. The molecule has 1 fully saturated rings. The molecule has 32 heavy (non-hydrogen) atoms. The van der Waals surface area contributed by atoms with Gasteiger partial charge in [-0.25, -0.2) is 13.2 Å². The van der Waals surface area contributed by atoms with Gasteiger partial charge in [0.15, 0.2) is 11.6 Å². The summed E-state index contributed by atoms with van der Waals surface area (Å²) in [4.78, 5) is 28.1. The van der Waals surface area contributed by atoms with Gasteiger partial charge in [-0.1, -0.05) is 13.0 Å². The van der Waals surface area contributed by atoms with Crippen LogP contribution >= 0.6 is 0 Å². The van der Waals surface area contributed by atoms with E-state index in [2.05, 4.69) is 10.3 Å². The number of pyridine rings is 1. The normalized spacial score (nSPS) is 25.1. The second-order valence-corrected chi connectivity index (χ2v) is 7.60. The Morgan fingerprint density at radius 3 is 2.56 bits per heavy atom. The van der Waals surface area contributed by atoms with Crippen molar-refractivity contribution in [2.45, 2.75) is 37.9 Å². The Labute approximate surface area is 180 Å². The van der Waals surface area contributed by atoms with Crippen molar-refractivity contribution in [1.82, 2.24) is 4.98 Å². The Morgan fingerprint density at radius 2 is 1.97 bits per heavy atom. The Morgan fingerprint density at radius 1 is 1.28 bits per heavy atom. The van der Waals surface area contributed by atoms with Crippen LogP contribution in [0.25, 0.3) is 0 Å². The first kappa shape index (κ1) is 23.5. The van der Waals surface area contributed by atoms with Gasteiger partial charge in [-0.3, -0.25) is 14.6 Å². The number of nitrogens with zero attached hydrogens (tertiary/aromatic N) is 1. The number of primary amides is 1. The molecule has 1 saturated heterocycles. The smallest absolute Gasteiger partial charge is 0.267 e. The van der Waals surface area contributed by atoms with Crippen LogP contribution < -0.4 is 15.8 Å². The fourth-order valence-corrected chi connectivity index (χ4v) is 3.85. The lowest BCUT2D eigenvalue weighted by Crippen LogP contribution is -2.40. The van der Waals surface area contributed by atoms with E-state index in [-0.39, 0.29) is 16.9 Å². The number of anilines is 1. The maximum Gasteiger partial charge on any atom is 0.267 e. The maximum atomic E-state index is 14.3. The first-order chi connectivity index (χ1) is 15.0. The number of nitrogens with two attached hydrogens (primary N) is 1. The summed E-state index contributed by atoms with van der Waals surface area (Å²) in [6.07, 6.45) is -3.25. The number of benzene rings is 1. The van der Waals surface area contributed by atoms with E-state index in [0.717, 1.165) is 20.1 Å². The van der Waals surface area contributed by atoms with E-state index in [0.29, 0.717) is 0 Å². The average molecular weight is 455 g/mol. The van der Waals surface area contributed by atoms with Crippen LogP contribution in [-0.4, -0.2) is 42.0 Å². The van der Waals surface area contributed by atoms with Gasteiger partial charge in [0.05, 0.1) is 7.11 Å². The van der Waals surface area contributed by atoms with Crippen molar-refractivity contribution >= 4 is 17.5 Å². The van der Waals surface area contributed by atoms with Crippen molar-refractivity contribution in [2.24, 2.45) is 11.7 Å². The van der Waals surface area contributed by atoms with Gasteiger partial charge in [0.1, 0.15) is 17.4 Å². The highest BCUT2D eigenvalue weighted by Crippen LogP contribution is 2.51. The molecular weight excluding hydrogens is 434 g/mol. The Bertz CT molecular complexity index is 1050. The lowest BCUT2D eigenvalue weighted by molar-refractivity contribution is -0.151. The fourth-order valence-electron chi connectivity index (χ4n) is 3.85. The zero-order valence-electron chi connectivity index (χ0n) is 17.4. The number of alkyl halides is 2. The number of carbonyl (C=O) groups excluding carboxylic acids is 2. The SMILES string of the molecule is COc1c([C@H]2[C@H](C(=O)Nc3ccnc(C(N)=O)c3)O[C@@](C)(C(F)F)[C@H]2C)ccc(F)c1F. The van der Waals surface area contributed by atoms with Crippen LogP contribution in [0.3, 0.4) is 0 Å². The number of methoxy groups -OCH3 is 1. The maximum absolute atomic E-state index is 14.3. The van der Waals surface area contributed by atoms with Crippen molar-refractivity contribution in [3.05, 3.63) is 53.4 Å². The summed E-state index contributed by atoms with van der Waals surface area (Å²) in [5.41, 5.74) is 3.13. The van der Waals surface area contributed by atoms with Crippen molar-refractivity contribution in [2.75, 3.05) is 12.4 Å². The van der Waals surface area contributed by atoms with Gasteiger partial charge in [-0.15, -0.1) is 0 Å². The quantitative estimate of drug-likeness (QED) is 0.651. The molecular formula is C21H21F4N3O4. The summed E-state index contributed by atoms with van der Waals surface area (Å²) in [7, 11) is 1.10. The predicted molar refractivity (Wildman–Crippen MR) is 105 cm³/mol. The first-order valence-electron chi connectivity index (χ1n) is 9.55. The van der Waals surface area contributed by atoms with E-state index in [9.17, 15) is 27.2 Å². The molecule has 172 valence electrons. The van der Waals surface area contributed by atoms with Crippen LogP contribution in [0.2, 0.25) is 0 Å². The molecule has 0 bridgehead atoms. The van der Waals surface area contributed by atoms with E-state index < -0.39 is 59.2 Å². The molecule has 11 heteroatoms. The third-order valence-corrected chi connectivity index (χ3v) is 5.77. The van der Waals surface area contributed by atoms with E-state index >= 15 is 0 Å². The first-order valence-corrected chi connectivity index (χ1v) is 9.55. The molecule has 2 heterocycles. The summed E-state index contributed by atoms with van der Waals surface area (Å²) in [6.45, 7) is 2.58. The molecule has 0 unspecified atom stereocenters. The average Bonchev–Trinajstić information content (AvgIpc) is 3.02. The number of halogens is 4. The predicted octanol–water partition coefficient (Wildman–Crippen LogP) is 3.25. The Kier molecular flexibility index (Phi) is 6.40. The Balaban J connectivity index is 2.04. The lowest BCUT2D eigenvalue weighted by atomic mass is 9.77. The number of rotatable bonds is 6. The molecule has 7 nitrogen and oxygen atoms in total. The number of hydrogen-bond donors (Lipinski definition) is 2. The zero-order valence-corrected chi connectivity index (χ0v) is 17.4. The topological polar surface area (TPSA) is 104 Å². The minimum atomic E-state index is -2.98. The van der Waals surface area contributed by atoms with Crippen molar-refractivity contribution < 1.29 is 36.6 Å². The summed E-state index contributed by atoms with van der Waals surface area (Å²) < 4.78 is 66.4. The molecule has 1 aliphatic heterocycles. The molecule has 1 aliphatic rings. The minimum Gasteiger partial charge on any atom is -0.493 e. The Hall–Kier alpha value is -3.21. The number of amides is 2. The second-order valence-electron chi connectivity index (χ2n) is 7.60. The number of ether oxygens (including phenoxy) is 2. The molecule has 3 rings (SSSR count). The highest BCUT2D eigenvalue weighted by atomic mass is 19.3. The van der Waals surface area contributed by atoms with Crippen LogP contribution in [0.4, 0.5) is 23.2 Å². The lowest BCUT2D eigenvalue weighted by Gasteiger charge is -2.28. The molecule has 0 aliphatic carbocycles. The highest BCUT2D eigenvalue weighted by Gasteiger charge is 2.58. The molecule has 0 saturated carbocycles. The van der Waals surface area contributed by atoms with Crippen LogP contribution in [0.1, 0.15) is 35.8 Å². The minimum absolute atomic E-state index is 0.0102. The molecule has 1 aromatic heterocycles. The van der Waals surface area contributed by atoms with Gasteiger partial charge in [0.25, 0.3) is 18.2 Å². The van der Waals surface area contributed by atoms with Gasteiger partial charge in [0, 0.05) is 29.3 Å². The highest BCUT2D eigenvalue weighted by molar-refractivity contribution is 5.97. The molecule has 1 aromatic carbocycles. The van der Waals surface area contributed by atoms with Crippen LogP contribution in [-0.2, 0) is 9.53 Å². The molecule has 2 amide bonds. The molecule has 4 atom stereocenters. The van der Waals surface area contributed by atoms with Gasteiger partial charge < -0.3 is 20.5 Å². The zero-order chi connectivity index (χ0) is 23.8. The summed E-state index contributed by atoms with van der Waals surface area (Å²) in [5.74, 6) is -6.75. The largest absolute Gasteiger partial charge is 0.493 e. The third kappa shape index (κ3) is 3.99. The fraction of sp³-hybridized carbons (Fsp3) is 0.381. The van der Waals surface area contributed by atoms with Gasteiger partial charge in [-0.05, 0) is 25.1 Å². The molecule has 0 spiro atoms. The van der Waals surface area contributed by atoms with Gasteiger partial charge >= 0.3 is 0 Å².